The maximum atomic E-state index is 12.7. The molecule has 0 atom stereocenters. The van der Waals surface area contributed by atoms with Crippen LogP contribution in [0.15, 0.2) is 47.5 Å². The number of carbonyl (C=O) groups is 1. The summed E-state index contributed by atoms with van der Waals surface area (Å²) in [7, 11) is 0. The fourth-order valence-electron chi connectivity index (χ4n) is 2.56. The molecule has 3 aromatic rings. The molecule has 0 aliphatic rings. The van der Waals surface area contributed by atoms with E-state index in [0.717, 1.165) is 0 Å². The Morgan fingerprint density at radius 1 is 1.20 bits per heavy atom. The molecule has 0 radical (unpaired) electrons. The number of benzene rings is 1. The van der Waals surface area contributed by atoms with Gasteiger partial charge in [0.15, 0.2) is 5.82 Å². The van der Waals surface area contributed by atoms with Crippen LogP contribution in [0.25, 0.3) is 5.82 Å². The topological polar surface area (TPSA) is 81.9 Å². The first kappa shape index (κ1) is 21.6. The second kappa shape index (κ2) is 9.16. The van der Waals surface area contributed by atoms with Gasteiger partial charge in [0.2, 0.25) is 5.88 Å². The molecule has 0 aliphatic heterocycles. The Morgan fingerprint density at radius 2 is 1.97 bits per heavy atom. The number of nitrogens with zero attached hydrogens (tertiary/aromatic N) is 4. The molecule has 7 nitrogen and oxygen atoms in total. The average Bonchev–Trinajstić information content (AvgIpc) is 3.09. The minimum Gasteiger partial charge on any atom is -0.477 e. The smallest absolute Gasteiger partial charge is 0.398 e. The van der Waals surface area contributed by atoms with Gasteiger partial charge in [-0.3, -0.25) is 4.79 Å². The number of aromatic nitrogens is 4. The molecule has 0 aliphatic carbocycles. The third-order valence-electron chi connectivity index (χ3n) is 3.92. The van der Waals surface area contributed by atoms with E-state index in [1.165, 1.54) is 16.9 Å². The van der Waals surface area contributed by atoms with E-state index in [9.17, 15) is 18.0 Å². The molecule has 2 aromatic heterocycles. The number of para-hydroxylation sites is 1. The van der Waals surface area contributed by atoms with E-state index in [4.69, 9.17) is 4.74 Å². The quantitative estimate of drug-likeness (QED) is 0.556. The van der Waals surface area contributed by atoms with E-state index in [1.54, 1.807) is 37.3 Å². The number of hydrogen-bond acceptors (Lipinski definition) is 6. The monoisotopic (exact) mass is 437 g/mol. The van der Waals surface area contributed by atoms with Crippen molar-refractivity contribution in [2.45, 2.75) is 24.9 Å². The first-order valence-electron chi connectivity index (χ1n) is 8.90. The molecule has 158 valence electrons. The molecule has 1 aromatic carbocycles. The molecule has 11 heteroatoms. The van der Waals surface area contributed by atoms with Crippen molar-refractivity contribution >= 4 is 23.4 Å². The van der Waals surface area contributed by atoms with Crippen LogP contribution < -0.4 is 10.1 Å². The molecule has 0 unspecified atom stereocenters. The lowest BCUT2D eigenvalue weighted by molar-refractivity contribution is -0.105. The summed E-state index contributed by atoms with van der Waals surface area (Å²) < 4.78 is 44.3. The van der Waals surface area contributed by atoms with E-state index < -0.39 is 17.8 Å². The SMILES string of the molecule is CCOc1ccc(-n2ncc(C(=O)Nc3ccccc3SCC(F)(F)F)c2C)nn1. The van der Waals surface area contributed by atoms with E-state index in [0.29, 0.717) is 46.3 Å². The molecule has 0 saturated carbocycles. The molecule has 0 spiro atoms. The van der Waals surface area contributed by atoms with Crippen molar-refractivity contribution in [3.05, 3.63) is 53.9 Å². The van der Waals surface area contributed by atoms with Gasteiger partial charge in [-0.2, -0.15) is 18.3 Å². The Bertz CT molecular complexity index is 1020. The van der Waals surface area contributed by atoms with Gasteiger partial charge in [0, 0.05) is 11.0 Å². The van der Waals surface area contributed by atoms with Crippen LogP contribution in [-0.2, 0) is 0 Å². The maximum absolute atomic E-state index is 12.7. The standard InChI is InChI=1S/C19H18F3N5O2S/c1-3-29-17-9-8-16(25-26-17)27-12(2)13(10-23-27)18(28)24-14-6-4-5-7-15(14)30-11-19(20,21)22/h4-10H,3,11H2,1-2H3,(H,24,28). The molecule has 0 saturated heterocycles. The summed E-state index contributed by atoms with van der Waals surface area (Å²) in [6.07, 6.45) is -2.94. The molecular formula is C19H18F3N5O2S. The summed E-state index contributed by atoms with van der Waals surface area (Å²) in [5, 5.41) is 14.8. The van der Waals surface area contributed by atoms with Gasteiger partial charge in [-0.1, -0.05) is 12.1 Å². The number of thioether (sulfide) groups is 1. The zero-order chi connectivity index (χ0) is 21.7. The lowest BCUT2D eigenvalue weighted by Crippen LogP contribution is -2.15. The summed E-state index contributed by atoms with van der Waals surface area (Å²) >= 11 is 0.612. The second-order valence-electron chi connectivity index (χ2n) is 6.07. The minimum atomic E-state index is -4.31. The lowest BCUT2D eigenvalue weighted by atomic mass is 10.2. The summed E-state index contributed by atoms with van der Waals surface area (Å²) in [5.74, 6) is -0.765. The summed E-state index contributed by atoms with van der Waals surface area (Å²) in [4.78, 5) is 13.0. The van der Waals surface area contributed by atoms with Crippen molar-refractivity contribution in [2.75, 3.05) is 17.7 Å². The molecule has 1 N–H and O–H groups in total. The lowest BCUT2D eigenvalue weighted by Gasteiger charge is -2.12. The summed E-state index contributed by atoms with van der Waals surface area (Å²) in [6, 6.07) is 9.62. The first-order valence-corrected chi connectivity index (χ1v) is 9.88. The first-order chi connectivity index (χ1) is 14.3. The fourth-order valence-corrected chi connectivity index (χ4v) is 3.33. The van der Waals surface area contributed by atoms with Crippen molar-refractivity contribution in [1.82, 2.24) is 20.0 Å². The van der Waals surface area contributed by atoms with Crippen LogP contribution in [0, 0.1) is 6.92 Å². The van der Waals surface area contributed by atoms with Crippen LogP contribution in [-0.4, -0.2) is 44.4 Å². The zero-order valence-electron chi connectivity index (χ0n) is 16.1. The highest BCUT2D eigenvalue weighted by Crippen LogP contribution is 2.32. The number of alkyl halides is 3. The van der Waals surface area contributed by atoms with Crippen molar-refractivity contribution in [3.8, 4) is 11.7 Å². The van der Waals surface area contributed by atoms with Crippen molar-refractivity contribution in [2.24, 2.45) is 0 Å². The third kappa shape index (κ3) is 5.29. The van der Waals surface area contributed by atoms with Gasteiger partial charge >= 0.3 is 6.18 Å². The van der Waals surface area contributed by atoms with Crippen molar-refractivity contribution in [3.63, 3.8) is 0 Å². The highest BCUT2D eigenvalue weighted by Gasteiger charge is 2.28. The summed E-state index contributed by atoms with van der Waals surface area (Å²) in [6.45, 7) is 3.98. The molecule has 0 fully saturated rings. The number of anilines is 1. The highest BCUT2D eigenvalue weighted by molar-refractivity contribution is 7.99. The molecule has 30 heavy (non-hydrogen) atoms. The van der Waals surface area contributed by atoms with Crippen molar-refractivity contribution < 1.29 is 22.7 Å². The van der Waals surface area contributed by atoms with E-state index in [1.807, 2.05) is 6.92 Å². The number of ether oxygens (including phenoxy) is 1. The number of carbonyl (C=O) groups excluding carboxylic acids is 1. The van der Waals surface area contributed by atoms with Gasteiger partial charge < -0.3 is 10.1 Å². The maximum Gasteiger partial charge on any atom is 0.398 e. The van der Waals surface area contributed by atoms with Crippen LogP contribution in [0.1, 0.15) is 23.0 Å². The minimum absolute atomic E-state index is 0.265. The van der Waals surface area contributed by atoms with Gasteiger partial charge in [-0.05, 0) is 32.0 Å². The van der Waals surface area contributed by atoms with E-state index >= 15 is 0 Å². The molecular weight excluding hydrogens is 419 g/mol. The van der Waals surface area contributed by atoms with Gasteiger partial charge in [0.05, 0.1) is 35.5 Å². The largest absolute Gasteiger partial charge is 0.477 e. The number of nitrogens with one attached hydrogen (secondary N) is 1. The van der Waals surface area contributed by atoms with Gasteiger partial charge in [0.1, 0.15) is 0 Å². The van der Waals surface area contributed by atoms with Crippen LogP contribution in [0.4, 0.5) is 18.9 Å². The van der Waals surface area contributed by atoms with Gasteiger partial charge in [-0.25, -0.2) is 4.68 Å². The van der Waals surface area contributed by atoms with Gasteiger partial charge in [0.25, 0.3) is 5.91 Å². The second-order valence-corrected chi connectivity index (χ2v) is 7.09. The number of hydrogen-bond donors (Lipinski definition) is 1. The molecule has 3 rings (SSSR count). The van der Waals surface area contributed by atoms with Crippen LogP contribution in [0.2, 0.25) is 0 Å². The molecule has 1 amide bonds. The van der Waals surface area contributed by atoms with Crippen LogP contribution >= 0.6 is 11.8 Å². The number of amides is 1. The molecule has 0 bridgehead atoms. The van der Waals surface area contributed by atoms with Gasteiger partial charge in [-0.15, -0.1) is 22.0 Å². The Labute approximate surface area is 174 Å². The summed E-state index contributed by atoms with van der Waals surface area (Å²) in [5.41, 5.74) is 1.07. The Morgan fingerprint density at radius 3 is 2.63 bits per heavy atom. The normalized spacial score (nSPS) is 11.4. The predicted octanol–water partition coefficient (Wildman–Crippen LogP) is 4.28. The Hall–Kier alpha value is -3.08. The fraction of sp³-hybridized carbons (Fsp3) is 0.263. The Kier molecular flexibility index (Phi) is 6.60. The third-order valence-corrected chi connectivity index (χ3v) is 5.05. The van der Waals surface area contributed by atoms with E-state index in [2.05, 4.69) is 20.6 Å². The van der Waals surface area contributed by atoms with E-state index in [-0.39, 0.29) is 5.56 Å². The number of halogens is 3. The molecule has 2 heterocycles. The predicted molar refractivity (Wildman–Crippen MR) is 106 cm³/mol. The average molecular weight is 437 g/mol. The number of rotatable bonds is 7. The highest BCUT2D eigenvalue weighted by atomic mass is 32.2. The van der Waals surface area contributed by atoms with Crippen molar-refractivity contribution in [1.29, 1.82) is 0 Å². The zero-order valence-corrected chi connectivity index (χ0v) is 16.9. The van der Waals surface area contributed by atoms with Crippen LogP contribution in [0.5, 0.6) is 5.88 Å². The Balaban J connectivity index is 1.77. The van der Waals surface area contributed by atoms with Crippen LogP contribution in [0.3, 0.4) is 0 Å².